The monoisotopic (exact) mass is 388 g/mol. The van der Waals surface area contributed by atoms with E-state index < -0.39 is 24.2 Å². The summed E-state index contributed by atoms with van der Waals surface area (Å²) in [5.41, 5.74) is 2.34. The van der Waals surface area contributed by atoms with Crippen LogP contribution in [0.25, 0.3) is 10.9 Å². The summed E-state index contributed by atoms with van der Waals surface area (Å²) in [5.74, 6) is -1.24. The number of carbonyl (C=O) groups excluding carboxylic acids is 1. The van der Waals surface area contributed by atoms with Crippen LogP contribution < -0.4 is 4.74 Å². The van der Waals surface area contributed by atoms with Crippen molar-refractivity contribution < 1.29 is 22.7 Å². The Morgan fingerprint density at radius 3 is 2.64 bits per heavy atom. The maximum absolute atomic E-state index is 13.4. The van der Waals surface area contributed by atoms with Crippen molar-refractivity contribution in [3.05, 3.63) is 65.9 Å². The molecule has 1 aromatic heterocycles. The predicted molar refractivity (Wildman–Crippen MR) is 99.0 cm³/mol. The summed E-state index contributed by atoms with van der Waals surface area (Å²) in [6.07, 6.45) is -2.91. The molecule has 1 aliphatic rings. The molecule has 0 radical (unpaired) electrons. The summed E-state index contributed by atoms with van der Waals surface area (Å²) in [5, 5.41) is 0.858. The zero-order valence-electron chi connectivity index (χ0n) is 15.2. The van der Waals surface area contributed by atoms with Crippen LogP contribution in [-0.4, -0.2) is 34.6 Å². The number of carbonyl (C=O) groups is 1. The van der Waals surface area contributed by atoms with Gasteiger partial charge in [-0.15, -0.1) is 0 Å². The second kappa shape index (κ2) is 6.89. The molecule has 0 saturated heterocycles. The van der Waals surface area contributed by atoms with Gasteiger partial charge in [0.15, 0.2) is 0 Å². The second-order valence-corrected chi connectivity index (χ2v) is 6.96. The predicted octanol–water partition coefficient (Wildman–Crippen LogP) is 4.62. The molecule has 4 nitrogen and oxygen atoms in total. The van der Waals surface area contributed by atoms with Crippen molar-refractivity contribution in [2.75, 3.05) is 6.61 Å². The molecule has 0 saturated carbocycles. The third-order valence-corrected chi connectivity index (χ3v) is 5.21. The lowest BCUT2D eigenvalue weighted by atomic mass is 10.0. The first-order valence-electron chi connectivity index (χ1n) is 9.02. The third-order valence-electron chi connectivity index (χ3n) is 5.21. The highest BCUT2D eigenvalue weighted by molar-refractivity contribution is 5.90. The number of rotatable bonds is 3. The van der Waals surface area contributed by atoms with E-state index in [1.165, 1.54) is 0 Å². The molecule has 0 spiro atoms. The number of amides is 1. The van der Waals surface area contributed by atoms with E-state index in [1.54, 1.807) is 49.5 Å². The smallest absolute Gasteiger partial charge is 0.471 e. The molecule has 0 unspecified atom stereocenters. The zero-order valence-corrected chi connectivity index (χ0v) is 15.2. The Labute approximate surface area is 159 Å². The molecule has 4 rings (SSSR count). The number of alkyl halides is 3. The maximum Gasteiger partial charge on any atom is 0.471 e. The molecule has 0 fully saturated rings. The molecular weight excluding hydrogens is 369 g/mol. The summed E-state index contributed by atoms with van der Waals surface area (Å²) >= 11 is 0. The molecule has 146 valence electrons. The number of benzene rings is 2. The van der Waals surface area contributed by atoms with Crippen LogP contribution in [0.4, 0.5) is 13.2 Å². The van der Waals surface area contributed by atoms with Gasteiger partial charge in [-0.3, -0.25) is 4.79 Å². The Balaban J connectivity index is 1.74. The van der Waals surface area contributed by atoms with Crippen molar-refractivity contribution in [2.45, 2.75) is 31.6 Å². The number of aromatic nitrogens is 1. The zero-order chi connectivity index (χ0) is 19.9. The average molecular weight is 388 g/mol. The highest BCUT2D eigenvalue weighted by atomic mass is 19.4. The van der Waals surface area contributed by atoms with Crippen LogP contribution in [0.15, 0.2) is 54.7 Å². The lowest BCUT2D eigenvalue weighted by molar-refractivity contribution is -0.191. The minimum Gasteiger partial charge on any atom is -0.491 e. The van der Waals surface area contributed by atoms with E-state index in [1.807, 2.05) is 12.1 Å². The fourth-order valence-corrected chi connectivity index (χ4v) is 3.87. The van der Waals surface area contributed by atoms with E-state index >= 15 is 0 Å². The number of aromatic amines is 1. The maximum atomic E-state index is 13.4. The van der Waals surface area contributed by atoms with Gasteiger partial charge in [-0.2, -0.15) is 13.2 Å². The molecule has 3 aromatic rings. The summed E-state index contributed by atoms with van der Waals surface area (Å²) in [4.78, 5) is 16.4. The molecule has 2 heterocycles. The number of nitrogens with zero attached hydrogens (tertiary/aromatic N) is 1. The molecule has 2 atom stereocenters. The van der Waals surface area contributed by atoms with Crippen LogP contribution in [0.3, 0.4) is 0 Å². The van der Waals surface area contributed by atoms with Gasteiger partial charge < -0.3 is 14.6 Å². The van der Waals surface area contributed by atoms with Gasteiger partial charge >= 0.3 is 12.1 Å². The fourth-order valence-electron chi connectivity index (χ4n) is 3.87. The molecule has 0 aliphatic carbocycles. The third kappa shape index (κ3) is 3.21. The minimum absolute atomic E-state index is 0.00716. The van der Waals surface area contributed by atoms with Gasteiger partial charge in [0.1, 0.15) is 12.4 Å². The van der Waals surface area contributed by atoms with Crippen LogP contribution in [0.1, 0.15) is 24.1 Å². The first kappa shape index (κ1) is 18.4. The van der Waals surface area contributed by atoms with Gasteiger partial charge in [-0.25, -0.2) is 0 Å². The van der Waals surface area contributed by atoms with Gasteiger partial charge in [-0.1, -0.05) is 36.4 Å². The second-order valence-electron chi connectivity index (χ2n) is 6.96. The number of hydrogen-bond acceptors (Lipinski definition) is 2. The minimum atomic E-state index is -4.96. The van der Waals surface area contributed by atoms with E-state index in [4.69, 9.17) is 4.74 Å². The lowest BCUT2D eigenvalue weighted by Crippen LogP contribution is -2.51. The van der Waals surface area contributed by atoms with Crippen LogP contribution in [0.2, 0.25) is 0 Å². The first-order valence-corrected chi connectivity index (χ1v) is 9.02. The van der Waals surface area contributed by atoms with E-state index in [-0.39, 0.29) is 13.0 Å². The van der Waals surface area contributed by atoms with Gasteiger partial charge in [0, 0.05) is 17.1 Å². The van der Waals surface area contributed by atoms with Crippen LogP contribution >= 0.6 is 0 Å². The fraction of sp³-hybridized carbons (Fsp3) is 0.286. The Morgan fingerprint density at radius 1 is 1.18 bits per heavy atom. The van der Waals surface area contributed by atoms with E-state index in [9.17, 15) is 18.0 Å². The Bertz CT molecular complexity index is 998. The molecule has 1 amide bonds. The Hall–Kier alpha value is -2.96. The number of ether oxygens (including phenoxy) is 1. The largest absolute Gasteiger partial charge is 0.491 e. The summed E-state index contributed by atoms with van der Waals surface area (Å²) in [7, 11) is 0. The van der Waals surface area contributed by atoms with E-state index in [0.717, 1.165) is 21.4 Å². The molecule has 0 bridgehead atoms. The molecule has 1 aliphatic heterocycles. The average Bonchev–Trinajstić information content (AvgIpc) is 2.99. The number of halogens is 3. The summed E-state index contributed by atoms with van der Waals surface area (Å²) in [6.45, 7) is 1.61. The van der Waals surface area contributed by atoms with Gasteiger partial charge in [-0.05, 0) is 36.6 Å². The topological polar surface area (TPSA) is 45.3 Å². The number of H-pyrrole nitrogens is 1. The molecule has 28 heavy (non-hydrogen) atoms. The van der Waals surface area contributed by atoms with E-state index in [2.05, 4.69) is 4.98 Å². The lowest BCUT2D eigenvalue weighted by Gasteiger charge is -2.36. The van der Waals surface area contributed by atoms with Crippen molar-refractivity contribution in [3.63, 3.8) is 0 Å². The quantitative estimate of drug-likeness (QED) is 0.711. The molecule has 2 aromatic carbocycles. The SMILES string of the molecule is C[C@@H](c1ccccc1)N(C(=O)C(F)(F)F)[C@H]1COc2cccc3[nH]cc(c23)C1. The Morgan fingerprint density at radius 2 is 1.93 bits per heavy atom. The van der Waals surface area contributed by atoms with Crippen molar-refractivity contribution in [2.24, 2.45) is 0 Å². The summed E-state index contributed by atoms with van der Waals surface area (Å²) in [6, 6.07) is 12.7. The Kier molecular flexibility index (Phi) is 4.53. The normalized spacial score (nSPS) is 17.6. The van der Waals surface area contributed by atoms with Crippen LogP contribution in [-0.2, 0) is 11.2 Å². The van der Waals surface area contributed by atoms with Crippen molar-refractivity contribution in [1.82, 2.24) is 9.88 Å². The van der Waals surface area contributed by atoms with Crippen LogP contribution in [0, 0.1) is 0 Å². The van der Waals surface area contributed by atoms with Gasteiger partial charge in [0.05, 0.1) is 12.1 Å². The molecule has 1 N–H and O–H groups in total. The van der Waals surface area contributed by atoms with E-state index in [0.29, 0.717) is 11.3 Å². The van der Waals surface area contributed by atoms with Crippen molar-refractivity contribution in [1.29, 1.82) is 0 Å². The van der Waals surface area contributed by atoms with Gasteiger partial charge in [0.25, 0.3) is 0 Å². The van der Waals surface area contributed by atoms with Gasteiger partial charge in [0.2, 0.25) is 0 Å². The molecular formula is C21H19F3N2O2. The molecule has 7 heteroatoms. The number of nitrogens with one attached hydrogen (secondary N) is 1. The highest BCUT2D eigenvalue weighted by Crippen LogP contribution is 2.36. The van der Waals surface area contributed by atoms with Crippen LogP contribution in [0.5, 0.6) is 5.75 Å². The summed E-state index contributed by atoms with van der Waals surface area (Å²) < 4.78 is 46.1. The van der Waals surface area contributed by atoms with Crippen molar-refractivity contribution in [3.8, 4) is 5.75 Å². The number of hydrogen-bond donors (Lipinski definition) is 1. The van der Waals surface area contributed by atoms with Crippen molar-refractivity contribution >= 4 is 16.8 Å². The highest BCUT2D eigenvalue weighted by Gasteiger charge is 2.47. The first-order chi connectivity index (χ1) is 13.4. The standard InChI is InChI=1S/C21H19F3N2O2/c1-13(14-6-3-2-4-7-14)26(20(27)21(22,23)24)16-10-15-11-25-17-8-5-9-18(19(15)17)28-12-16/h2-9,11,13,16,25H,10,12H2,1H3/t13-,16+/m0/s1.